The average molecular weight is 395 g/mol. The van der Waals surface area contributed by atoms with E-state index in [2.05, 4.69) is 11.4 Å². The van der Waals surface area contributed by atoms with Gasteiger partial charge in [0.1, 0.15) is 6.04 Å². The summed E-state index contributed by atoms with van der Waals surface area (Å²) in [6.45, 7) is 2.25. The summed E-state index contributed by atoms with van der Waals surface area (Å²) < 4.78 is 0. The molecule has 0 fully saturated rings. The lowest BCUT2D eigenvalue weighted by molar-refractivity contribution is -0.682. The number of thioether (sulfide) groups is 1. The minimum atomic E-state index is -0.109. The number of halogens is 2. The number of nitrogens with zero attached hydrogens (tertiary/aromatic N) is 1. The lowest BCUT2D eigenvalue weighted by atomic mass is 10.1. The smallest absolute Gasteiger partial charge is 0.279 e. The molecule has 0 spiro atoms. The van der Waals surface area contributed by atoms with Crippen LogP contribution in [0, 0.1) is 11.3 Å². The Bertz CT molecular complexity index is 792. The van der Waals surface area contributed by atoms with E-state index < -0.39 is 0 Å². The summed E-state index contributed by atoms with van der Waals surface area (Å²) in [7, 11) is 0. The molecule has 0 heterocycles. The number of rotatable bonds is 7. The number of hydrogen-bond donors (Lipinski definition) is 2. The van der Waals surface area contributed by atoms with Crippen LogP contribution in [0.2, 0.25) is 10.0 Å². The molecule has 4 nitrogen and oxygen atoms in total. The minimum Gasteiger partial charge on any atom is -0.332 e. The minimum absolute atomic E-state index is 0.0266. The van der Waals surface area contributed by atoms with Gasteiger partial charge in [0.05, 0.1) is 22.5 Å². The zero-order valence-electron chi connectivity index (χ0n) is 13.6. The highest BCUT2D eigenvalue weighted by Gasteiger charge is 2.15. The fourth-order valence-electron chi connectivity index (χ4n) is 2.29. The number of anilines is 1. The van der Waals surface area contributed by atoms with Gasteiger partial charge in [-0.15, -0.1) is 11.8 Å². The maximum atomic E-state index is 12.2. The van der Waals surface area contributed by atoms with Crippen molar-refractivity contribution in [3.05, 3.63) is 58.1 Å². The molecule has 0 aliphatic rings. The summed E-state index contributed by atoms with van der Waals surface area (Å²) in [5.74, 6) is 0.229. The van der Waals surface area contributed by atoms with Crippen LogP contribution in [-0.4, -0.2) is 18.2 Å². The predicted octanol–water partition coefficient (Wildman–Crippen LogP) is 3.87. The second-order valence-corrected chi connectivity index (χ2v) is 7.25. The Balaban J connectivity index is 1.94. The van der Waals surface area contributed by atoms with Crippen LogP contribution in [0.1, 0.15) is 18.5 Å². The van der Waals surface area contributed by atoms with Crippen LogP contribution in [0.4, 0.5) is 5.69 Å². The first-order valence-corrected chi connectivity index (χ1v) is 9.42. The maximum Gasteiger partial charge on any atom is 0.279 e. The van der Waals surface area contributed by atoms with Gasteiger partial charge >= 0.3 is 0 Å². The van der Waals surface area contributed by atoms with E-state index >= 15 is 0 Å². The molecule has 2 aromatic rings. The molecule has 1 amide bonds. The SMILES string of the molecule is C[C@H]([NH2+]CC(=O)Nc1ccccc1SCC#N)c1ccc(Cl)cc1Cl. The monoisotopic (exact) mass is 394 g/mol. The van der Waals surface area contributed by atoms with E-state index in [4.69, 9.17) is 28.5 Å². The largest absolute Gasteiger partial charge is 0.332 e. The Labute approximate surface area is 161 Å². The Kier molecular flexibility index (Phi) is 7.60. The quantitative estimate of drug-likeness (QED) is 0.700. The fourth-order valence-corrected chi connectivity index (χ4v) is 3.54. The van der Waals surface area contributed by atoms with Crippen molar-refractivity contribution in [1.29, 1.82) is 5.26 Å². The number of carbonyl (C=O) groups is 1. The number of nitriles is 1. The van der Waals surface area contributed by atoms with Crippen molar-refractivity contribution in [2.45, 2.75) is 17.9 Å². The molecule has 0 saturated heterocycles. The first-order valence-electron chi connectivity index (χ1n) is 7.68. The number of benzene rings is 2. The molecule has 1 atom stereocenters. The number of hydrogen-bond acceptors (Lipinski definition) is 3. The van der Waals surface area contributed by atoms with Crippen LogP contribution in [0.15, 0.2) is 47.4 Å². The molecule has 25 heavy (non-hydrogen) atoms. The molecular formula is C18H18Cl2N3OS+. The summed E-state index contributed by atoms with van der Waals surface area (Å²) >= 11 is 13.5. The van der Waals surface area contributed by atoms with Crippen molar-refractivity contribution >= 4 is 46.6 Å². The molecule has 0 aliphatic carbocycles. The second kappa shape index (κ2) is 9.69. The van der Waals surface area contributed by atoms with Crippen molar-refractivity contribution in [3.63, 3.8) is 0 Å². The maximum absolute atomic E-state index is 12.2. The lowest BCUT2D eigenvalue weighted by Gasteiger charge is -2.14. The van der Waals surface area contributed by atoms with Gasteiger partial charge in [0.2, 0.25) is 0 Å². The molecule has 0 unspecified atom stereocenters. The van der Waals surface area contributed by atoms with Crippen LogP contribution in [0.5, 0.6) is 0 Å². The number of nitrogens with one attached hydrogen (secondary N) is 1. The summed E-state index contributed by atoms with van der Waals surface area (Å²) in [5, 5.41) is 14.7. The molecule has 2 aromatic carbocycles. The number of amides is 1. The highest BCUT2D eigenvalue weighted by atomic mass is 35.5. The van der Waals surface area contributed by atoms with Gasteiger partial charge in [-0.3, -0.25) is 4.79 Å². The number of carbonyl (C=O) groups excluding carboxylic acids is 1. The molecule has 0 aliphatic heterocycles. The van der Waals surface area contributed by atoms with Gasteiger partial charge in [-0.25, -0.2) is 0 Å². The highest BCUT2D eigenvalue weighted by molar-refractivity contribution is 7.99. The third-order valence-electron chi connectivity index (χ3n) is 3.56. The molecular weight excluding hydrogens is 377 g/mol. The topological polar surface area (TPSA) is 69.5 Å². The third-order valence-corrected chi connectivity index (χ3v) is 5.07. The van der Waals surface area contributed by atoms with E-state index in [1.807, 2.05) is 42.6 Å². The molecule has 0 aromatic heterocycles. The molecule has 0 saturated carbocycles. The van der Waals surface area contributed by atoms with Gasteiger partial charge in [0, 0.05) is 15.5 Å². The van der Waals surface area contributed by atoms with Crippen molar-refractivity contribution in [1.82, 2.24) is 0 Å². The van der Waals surface area contributed by atoms with Gasteiger partial charge in [0.25, 0.3) is 5.91 Å². The Morgan fingerprint density at radius 2 is 2.08 bits per heavy atom. The van der Waals surface area contributed by atoms with E-state index in [0.717, 1.165) is 16.1 Å². The van der Waals surface area contributed by atoms with Gasteiger partial charge in [-0.2, -0.15) is 5.26 Å². The summed E-state index contributed by atoms with van der Waals surface area (Å²) in [5.41, 5.74) is 1.65. The van der Waals surface area contributed by atoms with Crippen LogP contribution in [-0.2, 0) is 4.79 Å². The van der Waals surface area contributed by atoms with Crippen molar-refractivity contribution in [2.24, 2.45) is 0 Å². The van der Waals surface area contributed by atoms with Crippen molar-refractivity contribution in [2.75, 3.05) is 17.6 Å². The highest BCUT2D eigenvalue weighted by Crippen LogP contribution is 2.26. The van der Waals surface area contributed by atoms with Gasteiger partial charge < -0.3 is 10.6 Å². The molecule has 0 bridgehead atoms. The Morgan fingerprint density at radius 3 is 2.80 bits per heavy atom. The molecule has 3 N–H and O–H groups in total. The lowest BCUT2D eigenvalue weighted by Crippen LogP contribution is -2.86. The number of para-hydroxylation sites is 1. The fraction of sp³-hybridized carbons (Fsp3) is 0.222. The zero-order chi connectivity index (χ0) is 18.2. The van der Waals surface area contributed by atoms with Crippen LogP contribution in [0.3, 0.4) is 0 Å². The summed E-state index contributed by atoms with van der Waals surface area (Å²) in [6, 6.07) is 14.9. The molecule has 7 heteroatoms. The Hall–Kier alpha value is -1.71. The summed E-state index contributed by atoms with van der Waals surface area (Å²) in [4.78, 5) is 13.1. The standard InChI is InChI=1S/C18H17Cl2N3OS/c1-12(14-7-6-13(19)10-15(14)20)22-11-18(24)23-16-4-2-3-5-17(16)25-9-8-21/h2-7,10,12,22H,9,11H2,1H3,(H,23,24)/p+1/t12-/m0/s1. The van der Waals surface area contributed by atoms with Crippen LogP contribution >= 0.6 is 35.0 Å². The summed E-state index contributed by atoms with van der Waals surface area (Å²) in [6.07, 6.45) is 0. The number of quaternary nitrogens is 1. The number of nitrogens with two attached hydrogens (primary N) is 1. The van der Waals surface area contributed by atoms with E-state index in [-0.39, 0.29) is 18.5 Å². The third kappa shape index (κ3) is 5.94. The van der Waals surface area contributed by atoms with E-state index in [1.54, 1.807) is 12.1 Å². The van der Waals surface area contributed by atoms with E-state index in [0.29, 0.717) is 15.8 Å². The van der Waals surface area contributed by atoms with Crippen LogP contribution in [0.25, 0.3) is 0 Å². The molecule has 130 valence electrons. The van der Waals surface area contributed by atoms with Gasteiger partial charge in [0.15, 0.2) is 6.54 Å². The normalized spacial score (nSPS) is 11.6. The van der Waals surface area contributed by atoms with E-state index in [9.17, 15) is 4.79 Å². The first kappa shape index (κ1) is 19.6. The van der Waals surface area contributed by atoms with Gasteiger partial charge in [-0.1, -0.05) is 41.4 Å². The van der Waals surface area contributed by atoms with Gasteiger partial charge in [-0.05, 0) is 31.2 Å². The van der Waals surface area contributed by atoms with Crippen molar-refractivity contribution in [3.8, 4) is 6.07 Å². The molecule has 2 rings (SSSR count). The average Bonchev–Trinajstić information content (AvgIpc) is 2.59. The van der Waals surface area contributed by atoms with E-state index in [1.165, 1.54) is 11.8 Å². The zero-order valence-corrected chi connectivity index (χ0v) is 16.0. The first-order chi connectivity index (χ1) is 12.0. The molecule has 0 radical (unpaired) electrons. The van der Waals surface area contributed by atoms with Crippen molar-refractivity contribution < 1.29 is 10.1 Å². The Morgan fingerprint density at radius 1 is 1.32 bits per heavy atom. The van der Waals surface area contributed by atoms with Crippen LogP contribution < -0.4 is 10.6 Å². The second-order valence-electron chi connectivity index (χ2n) is 5.39. The predicted molar refractivity (Wildman–Crippen MR) is 103 cm³/mol.